The van der Waals surface area contributed by atoms with Crippen LogP contribution in [0.25, 0.3) is 0 Å². The van der Waals surface area contributed by atoms with Crippen molar-refractivity contribution in [2.24, 2.45) is 0 Å². The molecule has 1 aromatic carbocycles. The van der Waals surface area contributed by atoms with Crippen LogP contribution in [0.3, 0.4) is 0 Å². The van der Waals surface area contributed by atoms with Crippen molar-refractivity contribution in [1.29, 1.82) is 0 Å². The van der Waals surface area contributed by atoms with Crippen LogP contribution >= 0.6 is 11.8 Å². The molecule has 1 amide bonds. The van der Waals surface area contributed by atoms with Gasteiger partial charge in [0.15, 0.2) is 11.5 Å². The van der Waals surface area contributed by atoms with Crippen LogP contribution in [0.2, 0.25) is 0 Å². The SMILES string of the molecule is CCC(CCc1ccc(OC)c(OC)c1)n1nnnc1NC(=O)C(C)SC. The van der Waals surface area contributed by atoms with Gasteiger partial charge in [-0.2, -0.15) is 11.8 Å². The van der Waals surface area contributed by atoms with Gasteiger partial charge < -0.3 is 9.47 Å². The van der Waals surface area contributed by atoms with Crippen LogP contribution in [0.15, 0.2) is 18.2 Å². The highest BCUT2D eigenvalue weighted by atomic mass is 32.2. The summed E-state index contributed by atoms with van der Waals surface area (Å²) in [4.78, 5) is 12.1. The van der Waals surface area contributed by atoms with Gasteiger partial charge in [-0.1, -0.05) is 18.1 Å². The van der Waals surface area contributed by atoms with Crippen molar-refractivity contribution in [3.63, 3.8) is 0 Å². The number of carbonyl (C=O) groups is 1. The quantitative estimate of drug-likeness (QED) is 0.663. The zero-order chi connectivity index (χ0) is 19.8. The van der Waals surface area contributed by atoms with Gasteiger partial charge in [-0.15, -0.1) is 0 Å². The number of aryl methyl sites for hydroxylation is 1. The Morgan fingerprint density at radius 1 is 1.30 bits per heavy atom. The van der Waals surface area contributed by atoms with E-state index in [1.807, 2.05) is 31.4 Å². The van der Waals surface area contributed by atoms with Gasteiger partial charge in [0.05, 0.1) is 25.5 Å². The molecule has 2 atom stereocenters. The molecule has 0 saturated carbocycles. The van der Waals surface area contributed by atoms with Gasteiger partial charge in [-0.05, 0) is 60.6 Å². The van der Waals surface area contributed by atoms with Crippen LogP contribution in [-0.4, -0.2) is 51.8 Å². The molecule has 0 radical (unpaired) electrons. The van der Waals surface area contributed by atoms with Crippen molar-refractivity contribution in [3.05, 3.63) is 23.8 Å². The number of rotatable bonds is 10. The second kappa shape index (κ2) is 10.1. The molecule has 1 aromatic heterocycles. The molecule has 0 bridgehead atoms. The third kappa shape index (κ3) is 5.35. The van der Waals surface area contributed by atoms with Gasteiger partial charge in [0, 0.05) is 0 Å². The molecular formula is C18H27N5O3S. The first-order valence-electron chi connectivity index (χ1n) is 8.86. The standard InChI is InChI=1S/C18H27N5O3S/c1-6-14(9-7-13-8-10-15(25-3)16(11-13)26-4)23-18(20-21-22-23)19-17(24)12(2)27-5/h8,10-12,14H,6-7,9H2,1-5H3,(H,19,20,22,24). The van der Waals surface area contributed by atoms with Crippen LogP contribution in [0, 0.1) is 0 Å². The number of hydrogen-bond acceptors (Lipinski definition) is 7. The number of thioether (sulfide) groups is 1. The van der Waals surface area contributed by atoms with E-state index in [4.69, 9.17) is 9.47 Å². The Kier molecular flexibility index (Phi) is 7.90. The Morgan fingerprint density at radius 3 is 2.67 bits per heavy atom. The van der Waals surface area contributed by atoms with Crippen molar-refractivity contribution in [1.82, 2.24) is 20.2 Å². The summed E-state index contributed by atoms with van der Waals surface area (Å²) in [6, 6.07) is 5.99. The monoisotopic (exact) mass is 393 g/mol. The molecule has 2 rings (SSSR count). The summed E-state index contributed by atoms with van der Waals surface area (Å²) in [6.45, 7) is 3.93. The van der Waals surface area contributed by atoms with E-state index >= 15 is 0 Å². The number of methoxy groups -OCH3 is 2. The highest BCUT2D eigenvalue weighted by Crippen LogP contribution is 2.29. The first-order chi connectivity index (χ1) is 13.0. The average Bonchev–Trinajstić information content (AvgIpc) is 3.15. The van der Waals surface area contributed by atoms with Crippen LogP contribution in [0.5, 0.6) is 11.5 Å². The summed E-state index contributed by atoms with van der Waals surface area (Å²) < 4.78 is 12.3. The van der Waals surface area contributed by atoms with Gasteiger partial charge in [0.2, 0.25) is 11.9 Å². The lowest BCUT2D eigenvalue weighted by molar-refractivity contribution is -0.115. The molecule has 2 unspecified atom stereocenters. The van der Waals surface area contributed by atoms with E-state index in [2.05, 4.69) is 27.8 Å². The molecular weight excluding hydrogens is 366 g/mol. The highest BCUT2D eigenvalue weighted by Gasteiger charge is 2.20. The minimum atomic E-state index is -0.165. The summed E-state index contributed by atoms with van der Waals surface area (Å²) in [7, 11) is 3.25. The van der Waals surface area contributed by atoms with E-state index in [1.165, 1.54) is 11.8 Å². The maximum Gasteiger partial charge on any atom is 0.249 e. The van der Waals surface area contributed by atoms with E-state index in [0.717, 1.165) is 24.8 Å². The molecule has 1 heterocycles. The number of aromatic nitrogens is 4. The average molecular weight is 394 g/mol. The number of tetrazole rings is 1. The Balaban J connectivity index is 2.08. The lowest BCUT2D eigenvalue weighted by Gasteiger charge is -2.18. The van der Waals surface area contributed by atoms with Crippen LogP contribution in [-0.2, 0) is 11.2 Å². The smallest absolute Gasteiger partial charge is 0.249 e. The lowest BCUT2D eigenvalue weighted by Crippen LogP contribution is -2.25. The topological polar surface area (TPSA) is 91.2 Å². The summed E-state index contributed by atoms with van der Waals surface area (Å²) in [5.74, 6) is 1.71. The molecule has 9 heteroatoms. The first-order valence-corrected chi connectivity index (χ1v) is 10.1. The Bertz CT molecular complexity index is 752. The predicted molar refractivity (Wildman–Crippen MR) is 107 cm³/mol. The second-order valence-corrected chi connectivity index (χ2v) is 7.28. The minimum absolute atomic E-state index is 0.0768. The van der Waals surface area contributed by atoms with Crippen molar-refractivity contribution < 1.29 is 14.3 Å². The normalized spacial score (nSPS) is 13.1. The van der Waals surface area contributed by atoms with Crippen molar-refractivity contribution in [2.45, 2.75) is 44.4 Å². The number of nitrogens with one attached hydrogen (secondary N) is 1. The van der Waals surface area contributed by atoms with E-state index in [1.54, 1.807) is 18.9 Å². The molecule has 0 saturated heterocycles. The molecule has 2 aromatic rings. The molecule has 0 aliphatic rings. The fourth-order valence-corrected chi connectivity index (χ4v) is 2.98. The molecule has 0 fully saturated rings. The van der Waals surface area contributed by atoms with Crippen molar-refractivity contribution in [2.75, 3.05) is 25.8 Å². The predicted octanol–water partition coefficient (Wildman–Crippen LogP) is 2.96. The van der Waals surface area contributed by atoms with Gasteiger partial charge in [0.25, 0.3) is 0 Å². The number of hydrogen-bond donors (Lipinski definition) is 1. The summed E-state index contributed by atoms with van der Waals surface area (Å²) in [5.41, 5.74) is 1.14. The fraction of sp³-hybridized carbons (Fsp3) is 0.556. The lowest BCUT2D eigenvalue weighted by atomic mass is 10.0. The van der Waals surface area contributed by atoms with E-state index < -0.39 is 0 Å². The van der Waals surface area contributed by atoms with Gasteiger partial charge in [0.1, 0.15) is 0 Å². The third-order valence-electron chi connectivity index (χ3n) is 4.48. The third-order valence-corrected chi connectivity index (χ3v) is 5.40. The second-order valence-electron chi connectivity index (χ2n) is 6.10. The van der Waals surface area contributed by atoms with E-state index in [0.29, 0.717) is 17.4 Å². The zero-order valence-electron chi connectivity index (χ0n) is 16.4. The molecule has 1 N–H and O–H groups in total. The van der Waals surface area contributed by atoms with E-state index in [-0.39, 0.29) is 17.2 Å². The maximum atomic E-state index is 12.1. The molecule has 0 aliphatic heterocycles. The maximum absolute atomic E-state index is 12.1. The van der Waals surface area contributed by atoms with Crippen molar-refractivity contribution >= 4 is 23.6 Å². The number of anilines is 1. The summed E-state index contributed by atoms with van der Waals surface area (Å²) >= 11 is 1.48. The molecule has 27 heavy (non-hydrogen) atoms. The molecule has 0 aliphatic carbocycles. The highest BCUT2D eigenvalue weighted by molar-refractivity contribution is 7.99. The van der Waals surface area contributed by atoms with Crippen molar-refractivity contribution in [3.8, 4) is 11.5 Å². The number of benzene rings is 1. The van der Waals surface area contributed by atoms with Crippen LogP contribution in [0.1, 0.15) is 38.3 Å². The summed E-state index contributed by atoms with van der Waals surface area (Å²) in [5, 5.41) is 14.5. The zero-order valence-corrected chi connectivity index (χ0v) is 17.2. The first kappa shape index (κ1) is 21.0. The number of nitrogens with zero attached hydrogens (tertiary/aromatic N) is 4. The Morgan fingerprint density at radius 2 is 2.04 bits per heavy atom. The number of ether oxygens (including phenoxy) is 2. The Labute approximate surface area is 164 Å². The van der Waals surface area contributed by atoms with E-state index in [9.17, 15) is 4.79 Å². The fourth-order valence-electron chi connectivity index (χ4n) is 2.71. The number of carbonyl (C=O) groups excluding carboxylic acids is 1. The Hall–Kier alpha value is -2.29. The van der Waals surface area contributed by atoms with Gasteiger partial charge >= 0.3 is 0 Å². The van der Waals surface area contributed by atoms with Gasteiger partial charge in [-0.3, -0.25) is 10.1 Å². The largest absolute Gasteiger partial charge is 0.493 e. The molecule has 148 valence electrons. The number of amides is 1. The molecule has 0 spiro atoms. The minimum Gasteiger partial charge on any atom is -0.493 e. The van der Waals surface area contributed by atoms with Gasteiger partial charge in [-0.25, -0.2) is 4.68 Å². The van der Waals surface area contributed by atoms with Crippen LogP contribution in [0.4, 0.5) is 5.95 Å². The summed E-state index contributed by atoms with van der Waals surface area (Å²) in [6.07, 6.45) is 4.40. The van der Waals surface area contributed by atoms with Crippen LogP contribution < -0.4 is 14.8 Å². The molecule has 8 nitrogen and oxygen atoms in total.